The van der Waals surface area contributed by atoms with Crippen LogP contribution >= 0.6 is 0 Å². The second-order valence-corrected chi connectivity index (χ2v) is 3.88. The van der Waals surface area contributed by atoms with Crippen LogP contribution in [-0.4, -0.2) is 11.8 Å². The summed E-state index contributed by atoms with van der Waals surface area (Å²) in [6.45, 7) is 1.43. The largest absolute Gasteiger partial charge is 0.545 e. The molecule has 1 aromatic rings. The molecule has 0 N–H and O–H groups in total. The molecule has 1 aromatic carbocycles. The minimum atomic E-state index is -1.26. The first kappa shape index (κ1) is 10.6. The molecule has 2 rings (SSSR count). The molecule has 82 valence electrons. The summed E-state index contributed by atoms with van der Waals surface area (Å²) in [5, 5.41) is 10.7. The second kappa shape index (κ2) is 3.93. The molecule has 0 atom stereocenters. The van der Waals surface area contributed by atoms with Crippen molar-refractivity contribution in [3.05, 3.63) is 46.5 Å². The van der Waals surface area contributed by atoms with E-state index in [4.69, 9.17) is 0 Å². The van der Waals surface area contributed by atoms with E-state index in [2.05, 4.69) is 0 Å². The summed E-state index contributed by atoms with van der Waals surface area (Å²) in [5.74, 6) is -1.44. The topological polar surface area (TPSA) is 57.2 Å². The third-order valence-electron chi connectivity index (χ3n) is 2.94. The highest BCUT2D eigenvalue weighted by Gasteiger charge is 2.23. The van der Waals surface area contributed by atoms with Crippen LogP contribution in [0.15, 0.2) is 35.4 Å². The molecule has 0 bridgehead atoms. The van der Waals surface area contributed by atoms with Gasteiger partial charge in [-0.15, -0.1) is 0 Å². The van der Waals surface area contributed by atoms with Crippen molar-refractivity contribution in [2.45, 2.75) is 19.8 Å². The molecule has 0 radical (unpaired) electrons. The molecular formula is C13H11O3-. The Hall–Kier alpha value is -1.90. The van der Waals surface area contributed by atoms with Crippen molar-refractivity contribution < 1.29 is 14.7 Å². The molecular weight excluding hydrogens is 204 g/mol. The van der Waals surface area contributed by atoms with Gasteiger partial charge in [-0.2, -0.15) is 0 Å². The van der Waals surface area contributed by atoms with Crippen molar-refractivity contribution in [3.63, 3.8) is 0 Å². The van der Waals surface area contributed by atoms with E-state index in [1.807, 2.05) is 12.1 Å². The highest BCUT2D eigenvalue weighted by molar-refractivity contribution is 6.13. The lowest BCUT2D eigenvalue weighted by atomic mass is 9.85. The van der Waals surface area contributed by atoms with Gasteiger partial charge in [0.05, 0.1) is 5.97 Å². The van der Waals surface area contributed by atoms with Crippen LogP contribution in [0.25, 0.3) is 0 Å². The predicted octanol–water partition coefficient (Wildman–Crippen LogP) is 0.882. The summed E-state index contributed by atoms with van der Waals surface area (Å²) >= 11 is 0. The minimum absolute atomic E-state index is 0.0551. The maximum absolute atomic E-state index is 12.0. The molecule has 0 aromatic heterocycles. The molecule has 0 amide bonds. The van der Waals surface area contributed by atoms with Gasteiger partial charge in [0, 0.05) is 11.1 Å². The van der Waals surface area contributed by atoms with Crippen LogP contribution in [0.3, 0.4) is 0 Å². The van der Waals surface area contributed by atoms with E-state index in [0.29, 0.717) is 24.0 Å². The fourth-order valence-electron chi connectivity index (χ4n) is 1.98. The maximum atomic E-state index is 12.0. The Bertz CT molecular complexity index is 498. The summed E-state index contributed by atoms with van der Waals surface area (Å²) in [6.07, 6.45) is 1.19. The number of hydrogen-bond donors (Lipinski definition) is 0. The van der Waals surface area contributed by atoms with Gasteiger partial charge in [0.1, 0.15) is 0 Å². The number of carbonyl (C=O) groups is 2. The van der Waals surface area contributed by atoms with Crippen LogP contribution in [-0.2, 0) is 11.2 Å². The third-order valence-corrected chi connectivity index (χ3v) is 2.94. The number of ketones is 1. The molecule has 0 aliphatic heterocycles. The number of hydrogen-bond acceptors (Lipinski definition) is 3. The number of carboxylic acids is 1. The molecule has 3 nitrogen and oxygen atoms in total. The highest BCUT2D eigenvalue weighted by atomic mass is 16.4. The molecule has 16 heavy (non-hydrogen) atoms. The number of benzene rings is 1. The zero-order valence-corrected chi connectivity index (χ0v) is 8.95. The van der Waals surface area contributed by atoms with Crippen LogP contribution in [0.5, 0.6) is 0 Å². The zero-order valence-electron chi connectivity index (χ0n) is 8.95. The molecule has 0 heterocycles. The Morgan fingerprint density at radius 1 is 1.25 bits per heavy atom. The van der Waals surface area contributed by atoms with Crippen LogP contribution < -0.4 is 5.11 Å². The highest BCUT2D eigenvalue weighted by Crippen LogP contribution is 2.26. The predicted molar refractivity (Wildman–Crippen MR) is 56.8 cm³/mol. The van der Waals surface area contributed by atoms with E-state index < -0.39 is 5.97 Å². The van der Waals surface area contributed by atoms with E-state index >= 15 is 0 Å². The van der Waals surface area contributed by atoms with Gasteiger partial charge in [-0.05, 0) is 30.9 Å². The Kier molecular flexibility index (Phi) is 2.60. The Morgan fingerprint density at radius 2 is 1.94 bits per heavy atom. The number of aliphatic carboxylic acids is 1. The number of allylic oxidation sites excluding steroid dienone is 1. The summed E-state index contributed by atoms with van der Waals surface area (Å²) in [7, 11) is 0. The molecule has 0 saturated heterocycles. The van der Waals surface area contributed by atoms with Crippen molar-refractivity contribution in [2.24, 2.45) is 0 Å². The number of fused-ring (bicyclic) bond motifs is 1. The SMILES string of the molecule is CC(C(=O)[O-])=C1CCc2ccccc2C1=O. The summed E-state index contributed by atoms with van der Waals surface area (Å²) in [5.41, 5.74) is 2.03. The number of rotatable bonds is 1. The minimum Gasteiger partial charge on any atom is -0.545 e. The lowest BCUT2D eigenvalue weighted by molar-refractivity contribution is -0.299. The van der Waals surface area contributed by atoms with E-state index in [9.17, 15) is 14.7 Å². The lowest BCUT2D eigenvalue weighted by Gasteiger charge is -2.19. The fourth-order valence-corrected chi connectivity index (χ4v) is 1.98. The Balaban J connectivity index is 2.50. The Morgan fingerprint density at radius 3 is 2.62 bits per heavy atom. The zero-order chi connectivity index (χ0) is 11.7. The van der Waals surface area contributed by atoms with Crippen LogP contribution in [0.4, 0.5) is 0 Å². The smallest absolute Gasteiger partial charge is 0.189 e. The van der Waals surface area contributed by atoms with Gasteiger partial charge in [-0.3, -0.25) is 4.79 Å². The van der Waals surface area contributed by atoms with Crippen molar-refractivity contribution in [2.75, 3.05) is 0 Å². The van der Waals surface area contributed by atoms with Crippen molar-refractivity contribution in [3.8, 4) is 0 Å². The third kappa shape index (κ3) is 1.65. The number of carbonyl (C=O) groups excluding carboxylic acids is 2. The number of carboxylic acid groups (broad SMARTS) is 1. The second-order valence-electron chi connectivity index (χ2n) is 3.88. The standard InChI is InChI=1S/C13H12O3/c1-8(13(15)16)10-7-6-9-4-2-3-5-11(9)12(10)14/h2-5H,6-7H2,1H3,(H,15,16)/p-1. The molecule has 0 saturated carbocycles. The average Bonchev–Trinajstić information content (AvgIpc) is 2.29. The van der Waals surface area contributed by atoms with E-state index in [1.54, 1.807) is 12.1 Å². The van der Waals surface area contributed by atoms with E-state index in [1.165, 1.54) is 6.92 Å². The lowest BCUT2D eigenvalue weighted by Crippen LogP contribution is -2.27. The average molecular weight is 215 g/mol. The van der Waals surface area contributed by atoms with Crippen LogP contribution in [0, 0.1) is 0 Å². The molecule has 0 unspecified atom stereocenters. The number of aryl methyl sites for hydroxylation is 1. The summed E-state index contributed by atoms with van der Waals surface area (Å²) in [6, 6.07) is 7.30. The van der Waals surface area contributed by atoms with Gasteiger partial charge in [-0.25, -0.2) is 0 Å². The van der Waals surface area contributed by atoms with Crippen molar-refractivity contribution >= 4 is 11.8 Å². The molecule has 1 aliphatic carbocycles. The van der Waals surface area contributed by atoms with E-state index in [-0.39, 0.29) is 11.4 Å². The van der Waals surface area contributed by atoms with Gasteiger partial charge in [-0.1, -0.05) is 24.3 Å². The van der Waals surface area contributed by atoms with E-state index in [0.717, 1.165) is 5.56 Å². The van der Waals surface area contributed by atoms with Crippen molar-refractivity contribution in [1.29, 1.82) is 0 Å². The maximum Gasteiger partial charge on any atom is 0.189 e. The van der Waals surface area contributed by atoms with Crippen LogP contribution in [0.2, 0.25) is 0 Å². The van der Waals surface area contributed by atoms with Gasteiger partial charge in [0.25, 0.3) is 0 Å². The van der Waals surface area contributed by atoms with Crippen molar-refractivity contribution in [1.82, 2.24) is 0 Å². The molecule has 1 aliphatic rings. The van der Waals surface area contributed by atoms with Gasteiger partial charge < -0.3 is 9.90 Å². The summed E-state index contributed by atoms with van der Waals surface area (Å²) < 4.78 is 0. The normalized spacial score (nSPS) is 17.9. The fraction of sp³-hybridized carbons (Fsp3) is 0.231. The number of Topliss-reactive ketones (excluding diaryl/α,β-unsaturated/α-hetero) is 1. The van der Waals surface area contributed by atoms with Gasteiger partial charge >= 0.3 is 0 Å². The van der Waals surface area contributed by atoms with Crippen LogP contribution in [0.1, 0.15) is 29.3 Å². The quantitative estimate of drug-likeness (QED) is 0.653. The first-order valence-electron chi connectivity index (χ1n) is 5.15. The monoisotopic (exact) mass is 215 g/mol. The molecule has 0 fully saturated rings. The molecule has 0 spiro atoms. The molecule has 3 heteroatoms. The van der Waals surface area contributed by atoms with Gasteiger partial charge in [0.15, 0.2) is 5.78 Å². The first-order chi connectivity index (χ1) is 7.61. The summed E-state index contributed by atoms with van der Waals surface area (Å²) in [4.78, 5) is 22.7. The first-order valence-corrected chi connectivity index (χ1v) is 5.15. The van der Waals surface area contributed by atoms with Gasteiger partial charge in [0.2, 0.25) is 0 Å². The Labute approximate surface area is 93.4 Å².